The van der Waals surface area contributed by atoms with Crippen LogP contribution in [0.4, 0.5) is 5.69 Å². The summed E-state index contributed by atoms with van der Waals surface area (Å²) in [6.07, 6.45) is 1.56. The summed E-state index contributed by atoms with van der Waals surface area (Å²) in [6, 6.07) is 5.48. The fourth-order valence-electron chi connectivity index (χ4n) is 1.83. The number of anilines is 1. The van der Waals surface area contributed by atoms with Gasteiger partial charge in [0, 0.05) is 28.3 Å². The van der Waals surface area contributed by atoms with Crippen molar-refractivity contribution in [3.05, 3.63) is 50.7 Å². The number of aliphatic hydroxyl groups excluding tert-OH is 1. The third-order valence-electron chi connectivity index (χ3n) is 2.98. The SMILES string of the molecule is Cc1ncc(CO)c(CNc2cc(Br)ccc2Cl)c1O. The van der Waals surface area contributed by atoms with Crippen LogP contribution >= 0.6 is 27.5 Å². The molecule has 2 rings (SSSR count). The minimum atomic E-state index is -0.177. The van der Waals surface area contributed by atoms with Crippen molar-refractivity contribution in [1.29, 1.82) is 0 Å². The zero-order chi connectivity index (χ0) is 14.7. The van der Waals surface area contributed by atoms with Gasteiger partial charge in [-0.25, -0.2) is 0 Å². The van der Waals surface area contributed by atoms with Gasteiger partial charge in [0.15, 0.2) is 0 Å². The maximum Gasteiger partial charge on any atom is 0.142 e. The van der Waals surface area contributed by atoms with Crippen molar-refractivity contribution >= 4 is 33.2 Å². The second-order valence-electron chi connectivity index (χ2n) is 4.33. The summed E-state index contributed by atoms with van der Waals surface area (Å²) in [6.45, 7) is 1.89. The molecule has 4 nitrogen and oxygen atoms in total. The first-order valence-electron chi connectivity index (χ1n) is 5.99. The Hall–Kier alpha value is -1.30. The maximum atomic E-state index is 10.1. The lowest BCUT2D eigenvalue weighted by atomic mass is 10.1. The van der Waals surface area contributed by atoms with E-state index in [4.69, 9.17) is 11.6 Å². The number of aromatic nitrogens is 1. The predicted octanol–water partition coefficient (Wildman–Crippen LogP) is 3.62. The Balaban J connectivity index is 2.27. The van der Waals surface area contributed by atoms with E-state index in [-0.39, 0.29) is 12.4 Å². The number of benzene rings is 1. The van der Waals surface area contributed by atoms with Crippen molar-refractivity contribution in [1.82, 2.24) is 4.98 Å². The largest absolute Gasteiger partial charge is 0.506 e. The van der Waals surface area contributed by atoms with Gasteiger partial charge in [0.1, 0.15) is 5.75 Å². The van der Waals surface area contributed by atoms with E-state index >= 15 is 0 Å². The molecule has 0 aliphatic rings. The van der Waals surface area contributed by atoms with E-state index in [0.29, 0.717) is 28.4 Å². The molecule has 20 heavy (non-hydrogen) atoms. The number of aromatic hydroxyl groups is 1. The molecule has 1 aromatic heterocycles. The molecule has 6 heteroatoms. The van der Waals surface area contributed by atoms with E-state index < -0.39 is 0 Å². The molecule has 0 amide bonds. The van der Waals surface area contributed by atoms with Gasteiger partial charge < -0.3 is 15.5 Å². The molecule has 0 aliphatic carbocycles. The van der Waals surface area contributed by atoms with E-state index in [1.165, 1.54) is 0 Å². The first-order valence-corrected chi connectivity index (χ1v) is 7.16. The highest BCUT2D eigenvalue weighted by Gasteiger charge is 2.11. The number of aliphatic hydroxyl groups is 1. The molecular formula is C14H14BrClN2O2. The van der Waals surface area contributed by atoms with Gasteiger partial charge in [-0.3, -0.25) is 4.98 Å². The zero-order valence-electron chi connectivity index (χ0n) is 10.8. The summed E-state index contributed by atoms with van der Waals surface area (Å²) in [4.78, 5) is 4.03. The third-order valence-corrected chi connectivity index (χ3v) is 3.81. The van der Waals surface area contributed by atoms with Crippen molar-refractivity contribution in [2.75, 3.05) is 5.32 Å². The number of nitrogens with zero attached hydrogens (tertiary/aromatic N) is 1. The molecule has 2 aromatic rings. The monoisotopic (exact) mass is 356 g/mol. The zero-order valence-corrected chi connectivity index (χ0v) is 13.2. The van der Waals surface area contributed by atoms with Crippen LogP contribution in [0.25, 0.3) is 0 Å². The average Bonchev–Trinajstić information content (AvgIpc) is 2.44. The Morgan fingerprint density at radius 2 is 2.15 bits per heavy atom. The second-order valence-corrected chi connectivity index (χ2v) is 5.65. The molecule has 1 heterocycles. The minimum Gasteiger partial charge on any atom is -0.506 e. The van der Waals surface area contributed by atoms with Crippen LogP contribution < -0.4 is 5.32 Å². The molecule has 3 N–H and O–H groups in total. The molecule has 1 aromatic carbocycles. The molecule has 0 atom stereocenters. The van der Waals surface area contributed by atoms with E-state index in [2.05, 4.69) is 26.2 Å². The molecular weight excluding hydrogens is 344 g/mol. The number of hydrogen-bond donors (Lipinski definition) is 3. The third kappa shape index (κ3) is 3.23. The molecule has 0 fully saturated rings. The molecule has 0 saturated heterocycles. The highest BCUT2D eigenvalue weighted by Crippen LogP contribution is 2.29. The van der Waals surface area contributed by atoms with Crippen LogP contribution in [0.1, 0.15) is 16.8 Å². The molecule has 0 saturated carbocycles. The van der Waals surface area contributed by atoms with Gasteiger partial charge in [-0.1, -0.05) is 27.5 Å². The Morgan fingerprint density at radius 3 is 2.85 bits per heavy atom. The van der Waals surface area contributed by atoms with Crippen molar-refractivity contribution in [3.8, 4) is 5.75 Å². The maximum absolute atomic E-state index is 10.1. The smallest absolute Gasteiger partial charge is 0.142 e. The van der Waals surface area contributed by atoms with Crippen molar-refractivity contribution in [3.63, 3.8) is 0 Å². The fraction of sp³-hybridized carbons (Fsp3) is 0.214. The Morgan fingerprint density at radius 1 is 1.40 bits per heavy atom. The quantitative estimate of drug-likeness (QED) is 0.782. The van der Waals surface area contributed by atoms with Gasteiger partial charge in [-0.15, -0.1) is 0 Å². The Labute approximate surface area is 130 Å². The van der Waals surface area contributed by atoms with Crippen molar-refractivity contribution in [2.45, 2.75) is 20.1 Å². The Kier molecular flexibility index (Phi) is 4.86. The number of hydrogen-bond acceptors (Lipinski definition) is 4. The van der Waals surface area contributed by atoms with Crippen LogP contribution in [0.3, 0.4) is 0 Å². The van der Waals surface area contributed by atoms with E-state index in [0.717, 1.165) is 10.2 Å². The van der Waals surface area contributed by atoms with Crippen LogP contribution in [0, 0.1) is 6.92 Å². The predicted molar refractivity (Wildman–Crippen MR) is 83.0 cm³/mol. The van der Waals surface area contributed by atoms with Gasteiger partial charge in [-0.2, -0.15) is 0 Å². The average molecular weight is 358 g/mol. The summed E-state index contributed by atoms with van der Waals surface area (Å²) in [5, 5.41) is 23.1. The molecule has 0 spiro atoms. The number of rotatable bonds is 4. The van der Waals surface area contributed by atoms with Gasteiger partial charge >= 0.3 is 0 Å². The molecule has 0 unspecified atom stereocenters. The number of halogens is 2. The van der Waals surface area contributed by atoms with E-state index in [1.807, 2.05) is 12.1 Å². The lowest BCUT2D eigenvalue weighted by Gasteiger charge is -2.14. The molecule has 0 bridgehead atoms. The van der Waals surface area contributed by atoms with Gasteiger partial charge in [0.25, 0.3) is 0 Å². The first-order chi connectivity index (χ1) is 9.52. The summed E-state index contributed by atoms with van der Waals surface area (Å²) in [5.74, 6) is 0.0927. The van der Waals surface area contributed by atoms with E-state index in [9.17, 15) is 10.2 Å². The van der Waals surface area contributed by atoms with Crippen LogP contribution in [0.15, 0.2) is 28.9 Å². The summed E-state index contributed by atoms with van der Waals surface area (Å²) < 4.78 is 0.905. The standard InChI is InChI=1S/C14H14BrClN2O2/c1-8-14(20)11(9(7-19)5-17-8)6-18-13-4-10(15)2-3-12(13)16/h2-5,18-20H,6-7H2,1H3. The minimum absolute atomic E-state index is 0.0927. The number of nitrogens with one attached hydrogen (secondary N) is 1. The number of aryl methyl sites for hydroxylation is 1. The fourth-order valence-corrected chi connectivity index (χ4v) is 2.38. The molecule has 0 radical (unpaired) electrons. The lowest BCUT2D eigenvalue weighted by molar-refractivity contribution is 0.279. The molecule has 106 valence electrons. The van der Waals surface area contributed by atoms with Crippen LogP contribution in [0.2, 0.25) is 5.02 Å². The van der Waals surface area contributed by atoms with E-state index in [1.54, 1.807) is 19.2 Å². The van der Waals surface area contributed by atoms with Crippen LogP contribution in [-0.4, -0.2) is 15.2 Å². The summed E-state index contributed by atoms with van der Waals surface area (Å²) in [5.41, 5.74) is 2.49. The highest BCUT2D eigenvalue weighted by atomic mass is 79.9. The Bertz CT molecular complexity index is 635. The van der Waals surface area contributed by atoms with Crippen LogP contribution in [-0.2, 0) is 13.2 Å². The lowest BCUT2D eigenvalue weighted by Crippen LogP contribution is -2.06. The van der Waals surface area contributed by atoms with Crippen LogP contribution in [0.5, 0.6) is 5.75 Å². The van der Waals surface area contributed by atoms with Gasteiger partial charge in [0.2, 0.25) is 0 Å². The second kappa shape index (κ2) is 6.43. The molecule has 0 aliphatic heterocycles. The number of pyridine rings is 1. The van der Waals surface area contributed by atoms with Gasteiger partial charge in [-0.05, 0) is 25.1 Å². The topological polar surface area (TPSA) is 65.4 Å². The highest BCUT2D eigenvalue weighted by molar-refractivity contribution is 9.10. The summed E-state index contributed by atoms with van der Waals surface area (Å²) >= 11 is 9.48. The van der Waals surface area contributed by atoms with Gasteiger partial charge in [0.05, 0.1) is 23.0 Å². The summed E-state index contributed by atoms with van der Waals surface area (Å²) in [7, 11) is 0. The van der Waals surface area contributed by atoms with Crippen molar-refractivity contribution in [2.24, 2.45) is 0 Å². The first kappa shape index (κ1) is 15.1. The van der Waals surface area contributed by atoms with Crippen molar-refractivity contribution < 1.29 is 10.2 Å². The normalized spacial score (nSPS) is 10.6.